The summed E-state index contributed by atoms with van der Waals surface area (Å²) in [5, 5.41) is 9.26. The molecule has 186 valence electrons. The summed E-state index contributed by atoms with van der Waals surface area (Å²) >= 11 is 3.54. The van der Waals surface area contributed by atoms with E-state index in [1.54, 1.807) is 17.3 Å². The van der Waals surface area contributed by atoms with Crippen LogP contribution in [0, 0.1) is 0 Å². The summed E-state index contributed by atoms with van der Waals surface area (Å²) in [4.78, 5) is 30.3. The lowest BCUT2D eigenvalue weighted by atomic mass is 9.87. The van der Waals surface area contributed by atoms with E-state index in [1.165, 1.54) is 22.3 Å². The van der Waals surface area contributed by atoms with Gasteiger partial charge in [-0.1, -0.05) is 48.5 Å². The number of benzene rings is 2. The number of nitrogens with zero attached hydrogens (tertiary/aromatic N) is 2. The Balaban J connectivity index is 1.30. The third-order valence-electron chi connectivity index (χ3n) is 7.12. The van der Waals surface area contributed by atoms with E-state index in [0.717, 1.165) is 10.0 Å². The quantitative estimate of drug-likeness (QED) is 0.431. The van der Waals surface area contributed by atoms with Crippen LogP contribution in [0.1, 0.15) is 41.9 Å². The molecule has 1 amide bonds. The molecule has 0 saturated carbocycles. The smallest absolute Gasteiger partial charge is 0.409 e. The van der Waals surface area contributed by atoms with E-state index < -0.39 is 18.2 Å². The van der Waals surface area contributed by atoms with Crippen molar-refractivity contribution < 1.29 is 24.2 Å². The van der Waals surface area contributed by atoms with Gasteiger partial charge in [-0.25, -0.2) is 9.59 Å². The van der Waals surface area contributed by atoms with Crippen molar-refractivity contribution in [3.05, 3.63) is 88.2 Å². The Morgan fingerprint density at radius 1 is 1.03 bits per heavy atom. The van der Waals surface area contributed by atoms with Gasteiger partial charge in [0.2, 0.25) is 0 Å². The maximum atomic E-state index is 13.2. The Kier molecular flexibility index (Phi) is 7.07. The molecule has 2 aromatic carbocycles. The molecular formula is C28H27BrN2O5. The number of carboxylic acids is 1. The molecule has 8 heteroatoms. The van der Waals surface area contributed by atoms with Crippen LogP contribution in [0.15, 0.2) is 71.5 Å². The molecule has 1 aliphatic carbocycles. The number of aliphatic carboxylic acids is 1. The van der Waals surface area contributed by atoms with Gasteiger partial charge in [-0.3, -0.25) is 4.98 Å². The summed E-state index contributed by atoms with van der Waals surface area (Å²) in [5.74, 6) is -1.03. The van der Waals surface area contributed by atoms with E-state index in [9.17, 15) is 14.7 Å². The van der Waals surface area contributed by atoms with Gasteiger partial charge >= 0.3 is 12.1 Å². The molecule has 0 radical (unpaired) electrons. The number of carboxylic acid groups (broad SMARTS) is 1. The van der Waals surface area contributed by atoms with Crippen molar-refractivity contribution in [2.24, 2.45) is 0 Å². The summed E-state index contributed by atoms with van der Waals surface area (Å²) in [6.45, 7) is 0.752. The molecule has 1 N–H and O–H groups in total. The standard InChI is InChI=1S/C28H27BrN2O5/c29-25-16-30-13-10-24(25)28(36-18-26(32)33)11-5-14-31(15-12-28)27(34)35-17-23-21-8-3-1-6-19(21)20-7-2-4-9-22(20)23/h1-4,6-10,13,16,23H,5,11-12,14-15,17-18H2,(H,32,33). The van der Waals surface area contributed by atoms with E-state index in [2.05, 4.69) is 45.2 Å². The van der Waals surface area contributed by atoms with Crippen LogP contribution in [0.5, 0.6) is 0 Å². The normalized spacial score (nSPS) is 19.3. The van der Waals surface area contributed by atoms with Crippen LogP contribution in [0.25, 0.3) is 11.1 Å². The number of rotatable bonds is 6. The van der Waals surface area contributed by atoms with Crippen molar-refractivity contribution in [3.63, 3.8) is 0 Å². The Morgan fingerprint density at radius 3 is 2.39 bits per heavy atom. The number of carbonyl (C=O) groups is 2. The van der Waals surface area contributed by atoms with Crippen LogP contribution in [0.4, 0.5) is 4.79 Å². The van der Waals surface area contributed by atoms with Gasteiger partial charge in [0.15, 0.2) is 0 Å². The number of likely N-dealkylation sites (tertiary alicyclic amines) is 1. The first-order valence-electron chi connectivity index (χ1n) is 12.0. The van der Waals surface area contributed by atoms with E-state index in [-0.39, 0.29) is 18.6 Å². The lowest BCUT2D eigenvalue weighted by Gasteiger charge is -2.33. The SMILES string of the molecule is O=C(O)COC1(c2ccncc2Br)CCCN(C(=O)OCC2c3ccccc3-c3ccccc32)CC1. The van der Waals surface area contributed by atoms with E-state index in [1.807, 2.05) is 30.3 Å². The van der Waals surface area contributed by atoms with Gasteiger partial charge in [0.05, 0.1) is 5.60 Å². The van der Waals surface area contributed by atoms with Gasteiger partial charge < -0.3 is 19.5 Å². The third-order valence-corrected chi connectivity index (χ3v) is 7.76. The number of halogens is 1. The minimum Gasteiger partial charge on any atom is -0.480 e. The van der Waals surface area contributed by atoms with E-state index in [4.69, 9.17) is 9.47 Å². The topological polar surface area (TPSA) is 89.0 Å². The van der Waals surface area contributed by atoms with Gasteiger partial charge in [-0.2, -0.15) is 0 Å². The minimum atomic E-state index is -1.03. The summed E-state index contributed by atoms with van der Waals surface area (Å²) in [6.07, 6.45) is 4.66. The molecule has 0 spiro atoms. The number of ether oxygens (including phenoxy) is 2. The first kappa shape index (κ1) is 24.5. The summed E-state index contributed by atoms with van der Waals surface area (Å²) in [7, 11) is 0. The fraction of sp³-hybridized carbons (Fsp3) is 0.321. The minimum absolute atomic E-state index is 0.000840. The second kappa shape index (κ2) is 10.4. The largest absolute Gasteiger partial charge is 0.480 e. The molecule has 5 rings (SSSR count). The number of hydrogen-bond donors (Lipinski definition) is 1. The molecule has 36 heavy (non-hydrogen) atoms. The number of fused-ring (bicyclic) bond motifs is 3. The molecule has 2 heterocycles. The number of carbonyl (C=O) groups excluding carboxylic acids is 1. The monoisotopic (exact) mass is 550 g/mol. The molecule has 7 nitrogen and oxygen atoms in total. The summed E-state index contributed by atoms with van der Waals surface area (Å²) in [6, 6.07) is 18.3. The Hall–Kier alpha value is -3.23. The van der Waals surface area contributed by atoms with Crippen molar-refractivity contribution in [2.45, 2.75) is 30.8 Å². The zero-order valence-corrected chi connectivity index (χ0v) is 21.3. The zero-order valence-electron chi connectivity index (χ0n) is 19.7. The average Bonchev–Trinajstić information content (AvgIpc) is 3.04. The third kappa shape index (κ3) is 4.75. The summed E-state index contributed by atoms with van der Waals surface area (Å²) < 4.78 is 12.6. The van der Waals surface area contributed by atoms with Gasteiger partial charge in [-0.05, 0) is 63.5 Å². The maximum Gasteiger partial charge on any atom is 0.409 e. The van der Waals surface area contributed by atoms with Crippen molar-refractivity contribution >= 4 is 28.0 Å². The molecule has 1 atom stereocenters. The lowest BCUT2D eigenvalue weighted by Crippen LogP contribution is -2.36. The van der Waals surface area contributed by atoms with Gasteiger partial charge in [0, 0.05) is 41.4 Å². The van der Waals surface area contributed by atoms with Crippen LogP contribution in [0.3, 0.4) is 0 Å². The van der Waals surface area contributed by atoms with Crippen molar-refractivity contribution in [1.82, 2.24) is 9.88 Å². The van der Waals surface area contributed by atoms with E-state index in [0.29, 0.717) is 32.4 Å². The van der Waals surface area contributed by atoms with Crippen molar-refractivity contribution in [1.29, 1.82) is 0 Å². The predicted molar refractivity (Wildman–Crippen MR) is 138 cm³/mol. The average molecular weight is 551 g/mol. The van der Waals surface area contributed by atoms with Crippen LogP contribution < -0.4 is 0 Å². The van der Waals surface area contributed by atoms with Gasteiger partial charge in [0.1, 0.15) is 13.2 Å². The van der Waals surface area contributed by atoms with Crippen LogP contribution in [0.2, 0.25) is 0 Å². The van der Waals surface area contributed by atoms with Crippen LogP contribution >= 0.6 is 15.9 Å². The highest BCUT2D eigenvalue weighted by Gasteiger charge is 2.39. The number of hydrogen-bond acceptors (Lipinski definition) is 5. The van der Waals surface area contributed by atoms with Crippen LogP contribution in [-0.2, 0) is 19.9 Å². The number of aromatic nitrogens is 1. The van der Waals surface area contributed by atoms with E-state index >= 15 is 0 Å². The molecule has 1 fully saturated rings. The molecule has 1 aromatic heterocycles. The lowest BCUT2D eigenvalue weighted by molar-refractivity contribution is -0.152. The highest BCUT2D eigenvalue weighted by molar-refractivity contribution is 9.10. The van der Waals surface area contributed by atoms with Crippen molar-refractivity contribution in [3.8, 4) is 11.1 Å². The Labute approximate surface area is 218 Å². The molecule has 0 bridgehead atoms. The number of amides is 1. The fourth-order valence-electron chi connectivity index (χ4n) is 5.41. The highest BCUT2D eigenvalue weighted by Crippen LogP contribution is 2.45. The highest BCUT2D eigenvalue weighted by atomic mass is 79.9. The molecule has 1 saturated heterocycles. The first-order chi connectivity index (χ1) is 17.5. The first-order valence-corrected chi connectivity index (χ1v) is 12.8. The molecule has 1 aliphatic heterocycles. The Morgan fingerprint density at radius 2 is 1.72 bits per heavy atom. The maximum absolute atomic E-state index is 13.2. The molecule has 3 aromatic rings. The summed E-state index contributed by atoms with van der Waals surface area (Å²) in [5.41, 5.74) is 4.72. The second-order valence-corrected chi connectivity index (χ2v) is 10.0. The zero-order chi connectivity index (χ0) is 25.1. The van der Waals surface area contributed by atoms with Gasteiger partial charge in [-0.15, -0.1) is 0 Å². The molecule has 1 unspecified atom stereocenters. The Bertz CT molecular complexity index is 1240. The molecular weight excluding hydrogens is 524 g/mol. The second-order valence-electron chi connectivity index (χ2n) is 9.18. The fourth-order valence-corrected chi connectivity index (χ4v) is 6.02. The van der Waals surface area contributed by atoms with Crippen molar-refractivity contribution in [2.75, 3.05) is 26.3 Å². The van der Waals surface area contributed by atoms with Crippen LogP contribution in [-0.4, -0.2) is 53.4 Å². The molecule has 2 aliphatic rings. The van der Waals surface area contributed by atoms with Gasteiger partial charge in [0.25, 0.3) is 0 Å². The predicted octanol–water partition coefficient (Wildman–Crippen LogP) is 5.58. The number of pyridine rings is 1.